The lowest BCUT2D eigenvalue weighted by Crippen LogP contribution is -1.68. The van der Waals surface area contributed by atoms with E-state index < -0.39 is 0 Å². The number of phenols is 1. The first kappa shape index (κ1) is 21.0. The van der Waals surface area contributed by atoms with E-state index in [-0.39, 0.29) is 0 Å². The smallest absolute Gasteiger partial charge is 0.118 e. The highest BCUT2D eigenvalue weighted by Gasteiger charge is 1.87. The number of hydrogen-bond donors (Lipinski definition) is 1. The fourth-order valence-corrected chi connectivity index (χ4v) is 1.94. The van der Waals surface area contributed by atoms with Crippen LogP contribution in [0.1, 0.15) is 24.0 Å². The van der Waals surface area contributed by atoms with Crippen molar-refractivity contribution in [1.82, 2.24) is 0 Å². The second kappa shape index (κ2) is 14.3. The van der Waals surface area contributed by atoms with E-state index in [9.17, 15) is 0 Å². The van der Waals surface area contributed by atoms with Crippen LogP contribution in [0.3, 0.4) is 0 Å². The van der Waals surface area contributed by atoms with Crippen molar-refractivity contribution in [3.05, 3.63) is 121 Å². The fraction of sp³-hybridized carbons (Fsp3) is 0.120. The Morgan fingerprint density at radius 3 is 1.46 bits per heavy atom. The standard InChI is InChI=1S/C8H8.C7H8O.2C5H6/c1-2-8-6-4-3-5-7-8;1-6-4-2-3-5-7(6)8;2*1-2-4-5-3-1/h2-7H,1H2;2-5,8H,1H3;2*1-4H,5H2. The zero-order chi connectivity index (χ0) is 18.9. The summed E-state index contributed by atoms with van der Waals surface area (Å²) in [6, 6.07) is 17.3. The van der Waals surface area contributed by atoms with E-state index in [0.29, 0.717) is 5.75 Å². The van der Waals surface area contributed by atoms with Crippen LogP contribution in [0.25, 0.3) is 6.08 Å². The largest absolute Gasteiger partial charge is 0.508 e. The number of aromatic hydroxyl groups is 1. The molecule has 1 heteroatoms. The average molecular weight is 344 g/mol. The number of allylic oxidation sites excluding steroid dienone is 8. The lowest BCUT2D eigenvalue weighted by molar-refractivity contribution is 0.471. The molecule has 0 amide bonds. The molecule has 4 rings (SSSR count). The van der Waals surface area contributed by atoms with Crippen LogP contribution in [-0.2, 0) is 0 Å². The topological polar surface area (TPSA) is 20.2 Å². The highest BCUT2D eigenvalue weighted by molar-refractivity contribution is 5.45. The van der Waals surface area contributed by atoms with Crippen LogP contribution >= 0.6 is 0 Å². The normalized spacial score (nSPS) is 12.2. The van der Waals surface area contributed by atoms with E-state index in [1.807, 2.05) is 61.5 Å². The lowest BCUT2D eigenvalue weighted by Gasteiger charge is -1.92. The third-order valence-corrected chi connectivity index (χ3v) is 3.46. The van der Waals surface area contributed by atoms with Gasteiger partial charge in [0.2, 0.25) is 0 Å². The van der Waals surface area contributed by atoms with Gasteiger partial charge in [-0.25, -0.2) is 0 Å². The fourth-order valence-electron chi connectivity index (χ4n) is 1.94. The van der Waals surface area contributed by atoms with Crippen LogP contribution in [0.5, 0.6) is 5.75 Å². The van der Waals surface area contributed by atoms with Crippen LogP contribution < -0.4 is 0 Å². The molecule has 0 aromatic heterocycles. The highest BCUT2D eigenvalue weighted by atomic mass is 16.3. The second-order valence-electron chi connectivity index (χ2n) is 5.59. The van der Waals surface area contributed by atoms with Gasteiger partial charge in [0.1, 0.15) is 5.75 Å². The van der Waals surface area contributed by atoms with E-state index in [1.165, 1.54) is 5.56 Å². The van der Waals surface area contributed by atoms with Crippen LogP contribution in [0, 0.1) is 6.92 Å². The van der Waals surface area contributed by atoms with Crippen LogP contribution in [0.15, 0.2) is 110 Å². The maximum atomic E-state index is 8.92. The minimum Gasteiger partial charge on any atom is -0.508 e. The van der Waals surface area contributed by atoms with E-state index in [0.717, 1.165) is 18.4 Å². The van der Waals surface area contributed by atoms with E-state index in [4.69, 9.17) is 5.11 Å². The summed E-state index contributed by atoms with van der Waals surface area (Å²) >= 11 is 0. The summed E-state index contributed by atoms with van der Waals surface area (Å²) in [5.74, 6) is 0.368. The Bertz CT molecular complexity index is 671. The van der Waals surface area contributed by atoms with Gasteiger partial charge in [-0.1, -0.05) is 110 Å². The van der Waals surface area contributed by atoms with Crippen molar-refractivity contribution in [2.75, 3.05) is 0 Å². The first-order chi connectivity index (χ1) is 12.7. The molecule has 0 saturated heterocycles. The van der Waals surface area contributed by atoms with Gasteiger partial charge >= 0.3 is 0 Å². The van der Waals surface area contributed by atoms with Gasteiger partial charge in [-0.05, 0) is 37.0 Å². The average Bonchev–Trinajstić information content (AvgIpc) is 3.44. The number of benzene rings is 2. The molecule has 0 radical (unpaired) electrons. The lowest BCUT2D eigenvalue weighted by atomic mass is 10.2. The Labute approximate surface area is 158 Å². The summed E-state index contributed by atoms with van der Waals surface area (Å²) in [5.41, 5.74) is 2.10. The maximum Gasteiger partial charge on any atom is 0.118 e. The predicted octanol–water partition coefficient (Wildman–Crippen LogP) is 7.04. The summed E-state index contributed by atoms with van der Waals surface area (Å²) in [7, 11) is 0. The number of para-hydroxylation sites is 1. The van der Waals surface area contributed by atoms with Gasteiger partial charge < -0.3 is 5.11 Å². The van der Waals surface area contributed by atoms with Gasteiger partial charge in [0.25, 0.3) is 0 Å². The Morgan fingerprint density at radius 2 is 1.19 bits per heavy atom. The van der Waals surface area contributed by atoms with E-state index >= 15 is 0 Å². The van der Waals surface area contributed by atoms with Crippen LogP contribution in [0.4, 0.5) is 0 Å². The number of rotatable bonds is 1. The molecular weight excluding hydrogens is 316 g/mol. The van der Waals surface area contributed by atoms with E-state index in [2.05, 4.69) is 55.2 Å². The summed E-state index contributed by atoms with van der Waals surface area (Å²) in [6.45, 7) is 5.50. The van der Waals surface area contributed by atoms with Crippen molar-refractivity contribution >= 4 is 6.08 Å². The van der Waals surface area contributed by atoms with Crippen molar-refractivity contribution in [2.24, 2.45) is 0 Å². The number of phenolic OH excluding ortho intramolecular Hbond substituents is 1. The van der Waals surface area contributed by atoms with Gasteiger partial charge in [0, 0.05) is 0 Å². The van der Waals surface area contributed by atoms with Crippen molar-refractivity contribution in [1.29, 1.82) is 0 Å². The predicted molar refractivity (Wildman–Crippen MR) is 115 cm³/mol. The second-order valence-corrected chi connectivity index (χ2v) is 5.59. The quantitative estimate of drug-likeness (QED) is 0.588. The minimum atomic E-state index is 0.368. The first-order valence-electron chi connectivity index (χ1n) is 8.79. The van der Waals surface area contributed by atoms with Crippen LogP contribution in [0.2, 0.25) is 0 Å². The summed E-state index contributed by atoms with van der Waals surface area (Å²) < 4.78 is 0. The minimum absolute atomic E-state index is 0.368. The Balaban J connectivity index is 0.000000177. The zero-order valence-electron chi connectivity index (χ0n) is 15.5. The van der Waals surface area contributed by atoms with Gasteiger partial charge in [0.05, 0.1) is 0 Å². The molecule has 0 bridgehead atoms. The molecule has 0 saturated carbocycles. The molecule has 2 aliphatic rings. The molecule has 26 heavy (non-hydrogen) atoms. The zero-order valence-corrected chi connectivity index (χ0v) is 15.5. The SMILES string of the molecule is C1=CCC=C1.C1=CCC=C1.C=Cc1ccccc1.Cc1ccccc1O. The molecule has 2 aromatic rings. The molecule has 0 fully saturated rings. The first-order valence-corrected chi connectivity index (χ1v) is 8.79. The molecule has 0 heterocycles. The van der Waals surface area contributed by atoms with E-state index in [1.54, 1.807) is 6.07 Å². The molecule has 1 nitrogen and oxygen atoms in total. The molecular formula is C25H28O. The maximum absolute atomic E-state index is 8.92. The Hall–Kier alpha value is -3.06. The van der Waals surface area contributed by atoms with Crippen molar-refractivity contribution in [3.63, 3.8) is 0 Å². The van der Waals surface area contributed by atoms with Gasteiger partial charge in [-0.15, -0.1) is 0 Å². The third-order valence-electron chi connectivity index (χ3n) is 3.46. The van der Waals surface area contributed by atoms with Crippen molar-refractivity contribution < 1.29 is 5.11 Å². The molecule has 0 unspecified atom stereocenters. The third kappa shape index (κ3) is 10.7. The molecule has 0 atom stereocenters. The molecule has 0 spiro atoms. The summed E-state index contributed by atoms with van der Waals surface area (Å²) in [4.78, 5) is 0. The highest BCUT2D eigenvalue weighted by Crippen LogP contribution is 2.12. The molecule has 134 valence electrons. The molecule has 2 aliphatic carbocycles. The monoisotopic (exact) mass is 344 g/mol. The molecule has 1 N–H and O–H groups in total. The summed E-state index contributed by atoms with van der Waals surface area (Å²) in [6.07, 6.45) is 20.8. The molecule has 2 aromatic carbocycles. The van der Waals surface area contributed by atoms with Crippen molar-refractivity contribution in [3.8, 4) is 5.75 Å². The Kier molecular flexibility index (Phi) is 11.5. The van der Waals surface area contributed by atoms with Crippen molar-refractivity contribution in [2.45, 2.75) is 19.8 Å². The number of hydrogen-bond acceptors (Lipinski definition) is 1. The van der Waals surface area contributed by atoms with Crippen LogP contribution in [-0.4, -0.2) is 5.11 Å². The van der Waals surface area contributed by atoms with Gasteiger partial charge in [-0.3, -0.25) is 0 Å². The molecule has 0 aliphatic heterocycles. The summed E-state index contributed by atoms with van der Waals surface area (Å²) in [5, 5.41) is 8.92. The number of aryl methyl sites for hydroxylation is 1. The van der Waals surface area contributed by atoms with Gasteiger partial charge in [-0.2, -0.15) is 0 Å². The Morgan fingerprint density at radius 1 is 0.731 bits per heavy atom. The van der Waals surface area contributed by atoms with Gasteiger partial charge in [0.15, 0.2) is 0 Å².